The van der Waals surface area contributed by atoms with E-state index in [4.69, 9.17) is 15.2 Å². The Morgan fingerprint density at radius 3 is 3.04 bits per heavy atom. The van der Waals surface area contributed by atoms with Gasteiger partial charge in [0.1, 0.15) is 5.75 Å². The fraction of sp³-hybridized carbons (Fsp3) is 0.700. The van der Waals surface area contributed by atoms with Crippen molar-refractivity contribution in [3.8, 4) is 5.75 Å². The molecule has 1 aromatic rings. The van der Waals surface area contributed by atoms with Gasteiger partial charge in [-0.3, -0.25) is 4.90 Å². The van der Waals surface area contributed by atoms with Crippen LogP contribution in [0.2, 0.25) is 0 Å². The fourth-order valence-corrected chi connectivity index (χ4v) is 5.50. The van der Waals surface area contributed by atoms with E-state index in [0.717, 1.165) is 30.9 Å². The van der Waals surface area contributed by atoms with Crippen molar-refractivity contribution in [2.75, 3.05) is 26.8 Å². The monoisotopic (exact) mass is 328 g/mol. The zero-order valence-electron chi connectivity index (χ0n) is 14.5. The van der Waals surface area contributed by atoms with Gasteiger partial charge in [-0.05, 0) is 67.8 Å². The molecule has 0 amide bonds. The molecule has 1 aromatic carbocycles. The Bertz CT molecular complexity index is 645. The van der Waals surface area contributed by atoms with Gasteiger partial charge in [-0.1, -0.05) is 6.07 Å². The second-order valence-corrected chi connectivity index (χ2v) is 8.36. The molecule has 2 unspecified atom stereocenters. The Kier molecular flexibility index (Phi) is 3.45. The van der Waals surface area contributed by atoms with Crippen molar-refractivity contribution < 1.29 is 9.47 Å². The zero-order chi connectivity index (χ0) is 16.3. The van der Waals surface area contributed by atoms with E-state index in [-0.39, 0.29) is 11.5 Å². The van der Waals surface area contributed by atoms with Crippen molar-refractivity contribution in [3.05, 3.63) is 29.3 Å². The van der Waals surface area contributed by atoms with Crippen LogP contribution in [0.3, 0.4) is 0 Å². The summed E-state index contributed by atoms with van der Waals surface area (Å²) in [6.45, 7) is 3.15. The fourth-order valence-electron chi connectivity index (χ4n) is 5.50. The van der Waals surface area contributed by atoms with Crippen molar-refractivity contribution in [3.63, 3.8) is 0 Å². The maximum absolute atomic E-state index is 6.41. The SMILES string of the molecule is COc1ccc2c(c1)[C@]13CCN(CC4CC4)[C@H](C2)C1OCC(N)C3. The number of ether oxygens (including phenoxy) is 2. The van der Waals surface area contributed by atoms with E-state index in [1.165, 1.54) is 37.1 Å². The average molecular weight is 328 g/mol. The van der Waals surface area contributed by atoms with Crippen LogP contribution in [0, 0.1) is 5.92 Å². The highest BCUT2D eigenvalue weighted by Crippen LogP contribution is 2.52. The molecule has 2 N–H and O–H groups in total. The van der Waals surface area contributed by atoms with Crippen LogP contribution in [0.5, 0.6) is 5.75 Å². The smallest absolute Gasteiger partial charge is 0.119 e. The zero-order valence-corrected chi connectivity index (χ0v) is 14.5. The Balaban J connectivity index is 1.58. The number of piperidine rings is 1. The van der Waals surface area contributed by atoms with Crippen LogP contribution >= 0.6 is 0 Å². The molecule has 5 rings (SSSR count). The number of fused-ring (bicyclic) bond motifs is 1. The number of rotatable bonds is 3. The molecule has 4 aliphatic rings. The van der Waals surface area contributed by atoms with Gasteiger partial charge in [0.15, 0.2) is 0 Å². The minimum absolute atomic E-state index is 0.0878. The molecular weight excluding hydrogens is 300 g/mol. The van der Waals surface area contributed by atoms with Gasteiger partial charge >= 0.3 is 0 Å². The summed E-state index contributed by atoms with van der Waals surface area (Å²) >= 11 is 0. The summed E-state index contributed by atoms with van der Waals surface area (Å²) in [6, 6.07) is 7.32. The lowest BCUT2D eigenvalue weighted by atomic mass is 9.58. The van der Waals surface area contributed by atoms with Crippen LogP contribution in [-0.4, -0.2) is 49.9 Å². The molecule has 0 radical (unpaired) electrons. The number of benzene rings is 1. The Morgan fingerprint density at radius 1 is 1.38 bits per heavy atom. The van der Waals surface area contributed by atoms with Crippen LogP contribution < -0.4 is 10.5 Å². The number of nitrogens with zero attached hydrogens (tertiary/aromatic N) is 1. The maximum Gasteiger partial charge on any atom is 0.119 e. The predicted octanol–water partition coefficient (Wildman–Crippen LogP) is 2.09. The highest BCUT2D eigenvalue weighted by atomic mass is 16.5. The molecule has 3 fully saturated rings. The lowest BCUT2D eigenvalue weighted by Gasteiger charge is -2.59. The molecule has 4 atom stereocenters. The molecule has 2 bridgehead atoms. The first-order valence-corrected chi connectivity index (χ1v) is 9.48. The van der Waals surface area contributed by atoms with Crippen molar-refractivity contribution in [2.24, 2.45) is 11.7 Å². The van der Waals surface area contributed by atoms with Crippen LogP contribution in [0.1, 0.15) is 36.8 Å². The molecule has 24 heavy (non-hydrogen) atoms. The summed E-state index contributed by atoms with van der Waals surface area (Å²) in [5.74, 6) is 1.89. The lowest BCUT2D eigenvalue weighted by Crippen LogP contribution is -2.68. The van der Waals surface area contributed by atoms with Gasteiger partial charge in [-0.15, -0.1) is 0 Å². The first-order valence-electron chi connectivity index (χ1n) is 9.48. The molecule has 1 saturated carbocycles. The highest BCUT2D eigenvalue weighted by molar-refractivity contribution is 5.46. The second kappa shape index (κ2) is 5.45. The summed E-state index contributed by atoms with van der Waals surface area (Å²) in [5.41, 5.74) is 9.37. The van der Waals surface area contributed by atoms with Crippen LogP contribution in [0.15, 0.2) is 18.2 Å². The highest BCUT2D eigenvalue weighted by Gasteiger charge is 2.56. The first-order chi connectivity index (χ1) is 11.7. The quantitative estimate of drug-likeness (QED) is 0.923. The van der Waals surface area contributed by atoms with Gasteiger partial charge in [-0.2, -0.15) is 0 Å². The van der Waals surface area contributed by atoms with Crippen molar-refractivity contribution in [2.45, 2.75) is 55.7 Å². The molecule has 2 heterocycles. The predicted molar refractivity (Wildman–Crippen MR) is 93.4 cm³/mol. The molecular formula is C20H28N2O2. The molecule has 4 nitrogen and oxygen atoms in total. The van der Waals surface area contributed by atoms with E-state index in [9.17, 15) is 0 Å². The third-order valence-electron chi connectivity index (χ3n) is 6.80. The van der Waals surface area contributed by atoms with Gasteiger partial charge in [0.05, 0.1) is 19.8 Å². The summed E-state index contributed by atoms with van der Waals surface area (Å²) in [4.78, 5) is 2.73. The molecule has 2 aliphatic carbocycles. The van der Waals surface area contributed by atoms with Crippen LogP contribution in [-0.2, 0) is 16.6 Å². The number of likely N-dealkylation sites (tertiary alicyclic amines) is 1. The van der Waals surface area contributed by atoms with E-state index in [1.807, 2.05) is 0 Å². The molecule has 2 aliphatic heterocycles. The molecule has 130 valence electrons. The van der Waals surface area contributed by atoms with Gasteiger partial charge in [0.25, 0.3) is 0 Å². The minimum Gasteiger partial charge on any atom is -0.497 e. The maximum atomic E-state index is 6.41. The molecule has 2 saturated heterocycles. The van der Waals surface area contributed by atoms with Crippen molar-refractivity contribution in [1.29, 1.82) is 0 Å². The third-order valence-corrected chi connectivity index (χ3v) is 6.80. The topological polar surface area (TPSA) is 47.7 Å². The second-order valence-electron chi connectivity index (χ2n) is 8.36. The first kappa shape index (κ1) is 15.2. The van der Waals surface area contributed by atoms with Gasteiger partial charge in [0, 0.05) is 24.0 Å². The Labute approximate surface area is 144 Å². The Hall–Kier alpha value is -1.10. The normalized spacial score (nSPS) is 38.3. The number of hydrogen-bond donors (Lipinski definition) is 1. The largest absolute Gasteiger partial charge is 0.497 e. The van der Waals surface area contributed by atoms with Gasteiger partial charge < -0.3 is 15.2 Å². The lowest BCUT2D eigenvalue weighted by molar-refractivity contribution is -0.134. The number of methoxy groups -OCH3 is 1. The molecule has 0 spiro atoms. The van der Waals surface area contributed by atoms with Crippen LogP contribution in [0.4, 0.5) is 0 Å². The van der Waals surface area contributed by atoms with E-state index < -0.39 is 0 Å². The van der Waals surface area contributed by atoms with E-state index >= 15 is 0 Å². The third kappa shape index (κ3) is 2.23. The minimum atomic E-state index is 0.0878. The standard InChI is InChI=1S/C20H28N2O2/c1-23-16-5-4-14-8-18-19-20(17(14)9-16,10-15(21)12-24-19)6-7-22(18)11-13-2-3-13/h4-5,9,13,15,18-19H,2-3,6-8,10-12,21H2,1H3/t15?,18-,19?,20-/m1/s1. The molecule has 4 heteroatoms. The van der Waals surface area contributed by atoms with E-state index in [1.54, 1.807) is 7.11 Å². The van der Waals surface area contributed by atoms with E-state index in [2.05, 4.69) is 23.1 Å². The average Bonchev–Trinajstić information content (AvgIpc) is 3.41. The van der Waals surface area contributed by atoms with Crippen molar-refractivity contribution in [1.82, 2.24) is 4.90 Å². The summed E-state index contributed by atoms with van der Waals surface area (Å²) in [6.07, 6.45) is 6.44. The molecule has 0 aromatic heterocycles. The summed E-state index contributed by atoms with van der Waals surface area (Å²) in [7, 11) is 1.75. The van der Waals surface area contributed by atoms with E-state index in [0.29, 0.717) is 18.8 Å². The summed E-state index contributed by atoms with van der Waals surface area (Å²) < 4.78 is 11.9. The van der Waals surface area contributed by atoms with Crippen molar-refractivity contribution >= 4 is 0 Å². The van der Waals surface area contributed by atoms with Gasteiger partial charge in [-0.25, -0.2) is 0 Å². The Morgan fingerprint density at radius 2 is 2.25 bits per heavy atom. The number of nitrogens with two attached hydrogens (primary N) is 1. The number of hydrogen-bond acceptors (Lipinski definition) is 4. The van der Waals surface area contributed by atoms with Gasteiger partial charge in [0.2, 0.25) is 0 Å². The summed E-state index contributed by atoms with van der Waals surface area (Å²) in [5, 5.41) is 0. The van der Waals surface area contributed by atoms with Crippen LogP contribution in [0.25, 0.3) is 0 Å².